The maximum absolute atomic E-state index is 13.5. The number of amides is 3. The summed E-state index contributed by atoms with van der Waals surface area (Å²) < 4.78 is 10.5. The maximum Gasteiger partial charge on any atom is 0.249 e. The zero-order chi connectivity index (χ0) is 24.1. The van der Waals surface area contributed by atoms with Crippen LogP contribution in [-0.2, 0) is 25.7 Å². The van der Waals surface area contributed by atoms with Crippen molar-refractivity contribution >= 4 is 17.7 Å². The maximum atomic E-state index is 13.5. The highest BCUT2D eigenvalue weighted by molar-refractivity contribution is 5.89. The molecule has 4 rings (SSSR count). The van der Waals surface area contributed by atoms with Gasteiger partial charge in [-0.3, -0.25) is 14.4 Å². The quantitative estimate of drug-likeness (QED) is 0.604. The van der Waals surface area contributed by atoms with E-state index in [-0.39, 0.29) is 36.3 Å². The molecular formula is C25H36N4O5. The Morgan fingerprint density at radius 3 is 2.71 bits per heavy atom. The second-order valence-corrected chi connectivity index (χ2v) is 9.41. The first-order chi connectivity index (χ1) is 16.5. The molecule has 1 N–H and O–H groups in total. The Kier molecular flexibility index (Phi) is 8.05. The van der Waals surface area contributed by atoms with Gasteiger partial charge in [0.2, 0.25) is 17.7 Å². The summed E-state index contributed by atoms with van der Waals surface area (Å²) in [6.45, 7) is 3.62. The fourth-order valence-corrected chi connectivity index (χ4v) is 4.95. The Hall–Kier alpha value is -2.65. The zero-order valence-electron chi connectivity index (χ0n) is 20.2. The lowest BCUT2D eigenvalue weighted by Crippen LogP contribution is -2.49. The third-order valence-electron chi connectivity index (χ3n) is 6.94. The number of nitrogens with one attached hydrogen (secondary N) is 1. The van der Waals surface area contributed by atoms with Crippen molar-refractivity contribution in [3.05, 3.63) is 29.8 Å². The van der Waals surface area contributed by atoms with Crippen molar-refractivity contribution in [2.45, 2.75) is 44.3 Å². The molecule has 1 aromatic carbocycles. The molecule has 2 aliphatic heterocycles. The predicted octanol–water partition coefficient (Wildman–Crippen LogP) is 0.872. The van der Waals surface area contributed by atoms with E-state index in [1.807, 2.05) is 34.1 Å². The summed E-state index contributed by atoms with van der Waals surface area (Å²) in [4.78, 5) is 45.2. The molecule has 1 aromatic rings. The first kappa shape index (κ1) is 24.5. The van der Waals surface area contributed by atoms with E-state index in [0.717, 1.165) is 43.7 Å². The summed E-state index contributed by atoms with van der Waals surface area (Å²) in [6, 6.07) is 6.90. The van der Waals surface area contributed by atoms with Crippen LogP contribution in [0.15, 0.2) is 24.3 Å². The number of rotatable bonds is 8. The summed E-state index contributed by atoms with van der Waals surface area (Å²) in [5.41, 5.74) is 0.969. The van der Waals surface area contributed by atoms with Crippen LogP contribution >= 0.6 is 0 Å². The van der Waals surface area contributed by atoms with Crippen LogP contribution in [0.1, 0.15) is 31.2 Å². The summed E-state index contributed by atoms with van der Waals surface area (Å²) in [5.74, 6) is 0.647. The molecule has 2 unspecified atom stereocenters. The van der Waals surface area contributed by atoms with Gasteiger partial charge >= 0.3 is 0 Å². The highest BCUT2D eigenvalue weighted by Crippen LogP contribution is 2.35. The highest BCUT2D eigenvalue weighted by atomic mass is 16.5. The smallest absolute Gasteiger partial charge is 0.249 e. The number of hydrogen-bond donors (Lipinski definition) is 1. The number of carbonyl (C=O) groups is 3. The van der Waals surface area contributed by atoms with Crippen molar-refractivity contribution < 1.29 is 23.9 Å². The van der Waals surface area contributed by atoms with E-state index in [1.165, 1.54) is 7.11 Å². The zero-order valence-corrected chi connectivity index (χ0v) is 20.2. The van der Waals surface area contributed by atoms with Gasteiger partial charge in [0.1, 0.15) is 18.4 Å². The van der Waals surface area contributed by atoms with E-state index in [1.54, 1.807) is 12.0 Å². The predicted molar refractivity (Wildman–Crippen MR) is 126 cm³/mol. The molecule has 0 aromatic heterocycles. The number of hydrogen-bond acceptors (Lipinski definition) is 6. The minimum atomic E-state index is -0.578. The Morgan fingerprint density at radius 1 is 1.15 bits per heavy atom. The van der Waals surface area contributed by atoms with Gasteiger partial charge in [-0.25, -0.2) is 0 Å². The van der Waals surface area contributed by atoms with Crippen molar-refractivity contribution in [1.29, 1.82) is 0 Å². The van der Waals surface area contributed by atoms with Gasteiger partial charge in [0, 0.05) is 45.8 Å². The largest absolute Gasteiger partial charge is 0.497 e. The van der Waals surface area contributed by atoms with Crippen LogP contribution in [0.5, 0.6) is 5.75 Å². The lowest BCUT2D eigenvalue weighted by molar-refractivity contribution is -0.145. The number of methoxy groups -OCH3 is 2. The van der Waals surface area contributed by atoms with Gasteiger partial charge in [-0.15, -0.1) is 0 Å². The van der Waals surface area contributed by atoms with E-state index in [9.17, 15) is 14.4 Å². The molecule has 0 spiro atoms. The van der Waals surface area contributed by atoms with Crippen LogP contribution in [0.3, 0.4) is 0 Å². The molecule has 0 radical (unpaired) electrons. The number of benzene rings is 1. The van der Waals surface area contributed by atoms with E-state index in [0.29, 0.717) is 32.6 Å². The summed E-state index contributed by atoms with van der Waals surface area (Å²) in [5, 5.41) is 3.32. The van der Waals surface area contributed by atoms with E-state index in [4.69, 9.17) is 9.47 Å². The molecule has 9 nitrogen and oxygen atoms in total. The average molecular weight is 473 g/mol. The van der Waals surface area contributed by atoms with Gasteiger partial charge in [-0.05, 0) is 49.9 Å². The minimum absolute atomic E-state index is 0.0316. The molecule has 0 bridgehead atoms. The van der Waals surface area contributed by atoms with Gasteiger partial charge in [0.25, 0.3) is 0 Å². The lowest BCUT2D eigenvalue weighted by Gasteiger charge is -2.29. The van der Waals surface area contributed by atoms with E-state index >= 15 is 0 Å². The fraction of sp³-hybridized carbons (Fsp3) is 0.640. The van der Waals surface area contributed by atoms with Gasteiger partial charge in [-0.2, -0.15) is 0 Å². The van der Waals surface area contributed by atoms with Crippen molar-refractivity contribution in [2.24, 2.45) is 5.92 Å². The van der Waals surface area contributed by atoms with Crippen LogP contribution in [0, 0.1) is 5.92 Å². The third-order valence-corrected chi connectivity index (χ3v) is 6.94. The second-order valence-electron chi connectivity index (χ2n) is 9.41. The number of ether oxygens (including phenoxy) is 2. The summed E-state index contributed by atoms with van der Waals surface area (Å²) in [6.07, 6.45) is 3.13. The van der Waals surface area contributed by atoms with Gasteiger partial charge in [-0.1, -0.05) is 12.1 Å². The Balaban J connectivity index is 1.57. The Morgan fingerprint density at radius 2 is 1.97 bits per heavy atom. The van der Waals surface area contributed by atoms with Gasteiger partial charge in [0.15, 0.2) is 0 Å². The molecule has 1 saturated carbocycles. The average Bonchev–Trinajstić information content (AvgIpc) is 3.65. The minimum Gasteiger partial charge on any atom is -0.497 e. The molecule has 3 fully saturated rings. The number of nitrogens with zero attached hydrogens (tertiary/aromatic N) is 3. The van der Waals surface area contributed by atoms with Gasteiger partial charge in [0.05, 0.1) is 13.2 Å². The molecule has 2 saturated heterocycles. The molecule has 2 heterocycles. The summed E-state index contributed by atoms with van der Waals surface area (Å²) >= 11 is 0. The van der Waals surface area contributed by atoms with Crippen LogP contribution < -0.4 is 10.1 Å². The SMILES string of the molecule is COCC(=O)N1CC(N(Cc2cccc(OC)c2)C(=O)C2CC2)CC1C(=O)N1CCCNCC1. The second kappa shape index (κ2) is 11.2. The van der Waals surface area contributed by atoms with Crippen LogP contribution in [-0.4, -0.2) is 98.1 Å². The van der Waals surface area contributed by atoms with Crippen LogP contribution in [0.4, 0.5) is 0 Å². The van der Waals surface area contributed by atoms with E-state index < -0.39 is 6.04 Å². The standard InChI is InChI=1S/C25H36N4O5/c1-33-17-23(30)29-16-20(14-22(29)25(32)27-11-4-9-26-10-12-27)28(24(31)19-7-8-19)15-18-5-3-6-21(13-18)34-2/h3,5-6,13,19-20,22,26H,4,7-12,14-17H2,1-2H3. The molecule has 3 amide bonds. The Labute approximate surface area is 201 Å². The van der Waals surface area contributed by atoms with Gasteiger partial charge < -0.3 is 29.5 Å². The molecule has 2 atom stereocenters. The molecule has 9 heteroatoms. The fourth-order valence-electron chi connectivity index (χ4n) is 4.95. The van der Waals surface area contributed by atoms with E-state index in [2.05, 4.69) is 5.32 Å². The number of carbonyl (C=O) groups excluding carboxylic acids is 3. The first-order valence-corrected chi connectivity index (χ1v) is 12.2. The normalized spacial score (nSPS) is 22.9. The van der Waals surface area contributed by atoms with Crippen molar-refractivity contribution in [3.8, 4) is 5.75 Å². The first-order valence-electron chi connectivity index (χ1n) is 12.2. The molecule has 34 heavy (non-hydrogen) atoms. The third kappa shape index (κ3) is 5.70. The molecule has 3 aliphatic rings. The molecular weight excluding hydrogens is 436 g/mol. The van der Waals surface area contributed by atoms with Crippen LogP contribution in [0.25, 0.3) is 0 Å². The lowest BCUT2D eigenvalue weighted by atomic mass is 10.1. The van der Waals surface area contributed by atoms with Crippen LogP contribution in [0.2, 0.25) is 0 Å². The highest BCUT2D eigenvalue weighted by Gasteiger charge is 2.46. The topological polar surface area (TPSA) is 91.4 Å². The monoisotopic (exact) mass is 472 g/mol. The summed E-state index contributed by atoms with van der Waals surface area (Å²) in [7, 11) is 3.10. The van der Waals surface area contributed by atoms with Crippen molar-refractivity contribution in [2.75, 3.05) is 53.6 Å². The van der Waals surface area contributed by atoms with Crippen molar-refractivity contribution in [1.82, 2.24) is 20.0 Å². The molecule has 186 valence electrons. The molecule has 1 aliphatic carbocycles. The van der Waals surface area contributed by atoms with Crippen molar-refractivity contribution in [3.63, 3.8) is 0 Å². The Bertz CT molecular complexity index is 882. The number of likely N-dealkylation sites (tertiary alicyclic amines) is 1.